The van der Waals surface area contributed by atoms with Gasteiger partial charge in [-0.05, 0) is 56.4 Å². The number of likely N-dealkylation sites (N-methyl/N-ethyl adjacent to an activating group) is 1. The molecule has 130 valence electrons. The SMILES string of the molecule is CCN(CC)CCOc1ccc(S(=O)(=O)c2ccc(C)cc2)cc1. The molecule has 0 aliphatic rings. The Morgan fingerprint density at radius 1 is 0.875 bits per heavy atom. The third-order valence-corrected chi connectivity index (χ3v) is 5.82. The quantitative estimate of drug-likeness (QED) is 0.733. The van der Waals surface area contributed by atoms with Crippen LogP contribution in [0.15, 0.2) is 58.3 Å². The largest absolute Gasteiger partial charge is 0.492 e. The van der Waals surface area contributed by atoms with Crippen molar-refractivity contribution in [1.29, 1.82) is 0 Å². The third-order valence-electron chi connectivity index (χ3n) is 4.04. The van der Waals surface area contributed by atoms with Gasteiger partial charge < -0.3 is 9.64 Å². The van der Waals surface area contributed by atoms with Gasteiger partial charge in [0.15, 0.2) is 0 Å². The molecule has 0 saturated carbocycles. The molecule has 0 amide bonds. The first-order valence-corrected chi connectivity index (χ1v) is 9.72. The van der Waals surface area contributed by atoms with Crippen LogP contribution in [0, 0.1) is 6.92 Å². The van der Waals surface area contributed by atoms with Gasteiger partial charge in [0.2, 0.25) is 9.84 Å². The molecule has 0 heterocycles. The molecule has 0 atom stereocenters. The van der Waals surface area contributed by atoms with E-state index in [1.54, 1.807) is 48.5 Å². The van der Waals surface area contributed by atoms with Gasteiger partial charge in [0.1, 0.15) is 12.4 Å². The minimum Gasteiger partial charge on any atom is -0.492 e. The Morgan fingerprint density at radius 2 is 1.38 bits per heavy atom. The van der Waals surface area contributed by atoms with Crippen molar-refractivity contribution < 1.29 is 13.2 Å². The monoisotopic (exact) mass is 347 g/mol. The van der Waals surface area contributed by atoms with E-state index in [2.05, 4.69) is 18.7 Å². The van der Waals surface area contributed by atoms with Crippen molar-refractivity contribution in [2.75, 3.05) is 26.2 Å². The molecule has 2 rings (SSSR count). The minimum absolute atomic E-state index is 0.280. The molecule has 2 aromatic rings. The van der Waals surface area contributed by atoms with Gasteiger partial charge in [0.05, 0.1) is 9.79 Å². The highest BCUT2D eigenvalue weighted by molar-refractivity contribution is 7.91. The van der Waals surface area contributed by atoms with E-state index in [1.807, 2.05) is 6.92 Å². The van der Waals surface area contributed by atoms with Crippen molar-refractivity contribution in [1.82, 2.24) is 4.90 Å². The second-order valence-corrected chi connectivity index (χ2v) is 7.61. The lowest BCUT2D eigenvalue weighted by Gasteiger charge is -2.18. The van der Waals surface area contributed by atoms with Gasteiger partial charge in [-0.25, -0.2) is 8.42 Å². The Labute approximate surface area is 145 Å². The average Bonchev–Trinajstić information content (AvgIpc) is 2.59. The summed E-state index contributed by atoms with van der Waals surface area (Å²) < 4.78 is 30.9. The number of hydrogen-bond donors (Lipinski definition) is 0. The van der Waals surface area contributed by atoms with Crippen LogP contribution in [-0.2, 0) is 9.84 Å². The summed E-state index contributed by atoms with van der Waals surface area (Å²) in [5.74, 6) is 0.685. The van der Waals surface area contributed by atoms with Crippen molar-refractivity contribution in [2.45, 2.75) is 30.6 Å². The predicted octanol–water partition coefficient (Wildman–Crippen LogP) is 3.55. The summed E-state index contributed by atoms with van der Waals surface area (Å²) in [4.78, 5) is 2.86. The molecule has 0 aliphatic carbocycles. The fraction of sp³-hybridized carbons (Fsp3) is 0.368. The molecule has 2 aromatic carbocycles. The van der Waals surface area contributed by atoms with E-state index < -0.39 is 9.84 Å². The number of ether oxygens (including phenoxy) is 1. The van der Waals surface area contributed by atoms with E-state index in [4.69, 9.17) is 4.74 Å². The van der Waals surface area contributed by atoms with Gasteiger partial charge in [0.25, 0.3) is 0 Å². The molecule has 0 aliphatic heterocycles. The molecule has 24 heavy (non-hydrogen) atoms. The van der Waals surface area contributed by atoms with Crippen LogP contribution in [0.1, 0.15) is 19.4 Å². The highest BCUT2D eigenvalue weighted by Gasteiger charge is 2.17. The molecule has 0 bridgehead atoms. The van der Waals surface area contributed by atoms with Crippen molar-refractivity contribution >= 4 is 9.84 Å². The summed E-state index contributed by atoms with van der Waals surface area (Å²) in [6.45, 7) is 9.60. The van der Waals surface area contributed by atoms with Crippen LogP contribution in [0.25, 0.3) is 0 Å². The van der Waals surface area contributed by atoms with Gasteiger partial charge in [-0.2, -0.15) is 0 Å². The topological polar surface area (TPSA) is 46.6 Å². The zero-order valence-corrected chi connectivity index (χ0v) is 15.3. The van der Waals surface area contributed by atoms with Gasteiger partial charge in [0, 0.05) is 6.54 Å². The molecule has 5 heteroatoms. The second kappa shape index (κ2) is 8.31. The van der Waals surface area contributed by atoms with Crippen LogP contribution in [0.5, 0.6) is 5.75 Å². The summed E-state index contributed by atoms with van der Waals surface area (Å²) in [5.41, 5.74) is 1.03. The maximum atomic E-state index is 12.6. The molecule has 0 radical (unpaired) electrons. The average molecular weight is 347 g/mol. The highest BCUT2D eigenvalue weighted by Crippen LogP contribution is 2.23. The van der Waals surface area contributed by atoms with Crippen LogP contribution >= 0.6 is 0 Å². The molecule has 0 fully saturated rings. The standard InChI is InChI=1S/C19H25NO3S/c1-4-20(5-2)14-15-23-17-8-12-19(13-9-17)24(21,22)18-10-6-16(3)7-11-18/h6-13H,4-5,14-15H2,1-3H3. The molecular formula is C19H25NO3S. The smallest absolute Gasteiger partial charge is 0.206 e. The zero-order chi connectivity index (χ0) is 17.6. The maximum absolute atomic E-state index is 12.6. The van der Waals surface area contributed by atoms with Crippen molar-refractivity contribution in [3.8, 4) is 5.75 Å². The summed E-state index contributed by atoms with van der Waals surface area (Å²) in [6, 6.07) is 13.5. The number of hydrogen-bond acceptors (Lipinski definition) is 4. The van der Waals surface area contributed by atoms with E-state index in [-0.39, 0.29) is 4.90 Å². The Kier molecular flexibility index (Phi) is 6.40. The summed E-state index contributed by atoms with van der Waals surface area (Å²) >= 11 is 0. The number of aryl methyl sites for hydroxylation is 1. The van der Waals surface area contributed by atoms with Gasteiger partial charge in [-0.3, -0.25) is 0 Å². The van der Waals surface area contributed by atoms with Gasteiger partial charge >= 0.3 is 0 Å². The summed E-state index contributed by atoms with van der Waals surface area (Å²) in [7, 11) is -3.48. The third kappa shape index (κ3) is 4.58. The van der Waals surface area contributed by atoms with E-state index in [1.165, 1.54) is 0 Å². The highest BCUT2D eigenvalue weighted by atomic mass is 32.2. The number of rotatable bonds is 8. The molecule has 0 unspecified atom stereocenters. The first kappa shape index (κ1) is 18.5. The number of sulfone groups is 1. The van der Waals surface area contributed by atoms with Crippen molar-refractivity contribution in [3.05, 3.63) is 54.1 Å². The number of benzene rings is 2. The van der Waals surface area contributed by atoms with Crippen LogP contribution < -0.4 is 4.74 Å². The number of nitrogens with zero attached hydrogens (tertiary/aromatic N) is 1. The molecular weight excluding hydrogens is 322 g/mol. The Hall–Kier alpha value is -1.85. The van der Waals surface area contributed by atoms with Crippen LogP contribution in [-0.4, -0.2) is 39.6 Å². The van der Waals surface area contributed by atoms with E-state index in [9.17, 15) is 8.42 Å². The van der Waals surface area contributed by atoms with Crippen LogP contribution in [0.2, 0.25) is 0 Å². The Bertz CT molecular complexity index is 733. The first-order valence-electron chi connectivity index (χ1n) is 8.24. The van der Waals surface area contributed by atoms with E-state index in [0.717, 1.165) is 25.2 Å². The van der Waals surface area contributed by atoms with E-state index >= 15 is 0 Å². The molecule has 0 saturated heterocycles. The lowest BCUT2D eigenvalue weighted by atomic mass is 10.2. The summed E-state index contributed by atoms with van der Waals surface area (Å²) in [5, 5.41) is 0. The predicted molar refractivity (Wildman–Crippen MR) is 96.4 cm³/mol. The van der Waals surface area contributed by atoms with Crippen LogP contribution in [0.3, 0.4) is 0 Å². The van der Waals surface area contributed by atoms with E-state index in [0.29, 0.717) is 17.3 Å². The second-order valence-electron chi connectivity index (χ2n) is 5.66. The molecule has 0 aromatic heterocycles. The zero-order valence-electron chi connectivity index (χ0n) is 14.5. The summed E-state index contributed by atoms with van der Waals surface area (Å²) in [6.07, 6.45) is 0. The molecule has 0 spiro atoms. The minimum atomic E-state index is -3.48. The fourth-order valence-corrected chi connectivity index (χ4v) is 3.66. The molecule has 4 nitrogen and oxygen atoms in total. The van der Waals surface area contributed by atoms with Crippen LogP contribution in [0.4, 0.5) is 0 Å². The first-order chi connectivity index (χ1) is 11.5. The fourth-order valence-electron chi connectivity index (χ4n) is 2.40. The van der Waals surface area contributed by atoms with Gasteiger partial charge in [-0.15, -0.1) is 0 Å². The van der Waals surface area contributed by atoms with Crippen molar-refractivity contribution in [3.63, 3.8) is 0 Å². The molecule has 0 N–H and O–H groups in total. The Balaban J connectivity index is 2.04. The van der Waals surface area contributed by atoms with Crippen molar-refractivity contribution in [2.24, 2.45) is 0 Å². The Morgan fingerprint density at radius 3 is 1.88 bits per heavy atom. The normalized spacial score (nSPS) is 11.7. The van der Waals surface area contributed by atoms with Gasteiger partial charge in [-0.1, -0.05) is 31.5 Å². The maximum Gasteiger partial charge on any atom is 0.206 e. The lowest BCUT2D eigenvalue weighted by molar-refractivity contribution is 0.222. The lowest BCUT2D eigenvalue weighted by Crippen LogP contribution is -2.27.